The van der Waals surface area contributed by atoms with Crippen molar-refractivity contribution in [3.05, 3.63) is 29.8 Å². The van der Waals surface area contributed by atoms with Crippen LogP contribution in [0.15, 0.2) is 24.3 Å². The first-order valence-corrected chi connectivity index (χ1v) is 8.14. The second-order valence-electron chi connectivity index (χ2n) is 7.00. The summed E-state index contributed by atoms with van der Waals surface area (Å²) >= 11 is 0. The molecular weight excluding hydrogens is 262 g/mol. The van der Waals surface area contributed by atoms with Gasteiger partial charge in [-0.05, 0) is 49.1 Å². The Bertz CT molecular complexity index is 518. The van der Waals surface area contributed by atoms with Crippen molar-refractivity contribution in [2.24, 2.45) is 11.8 Å². The highest BCUT2D eigenvalue weighted by Crippen LogP contribution is 2.40. The van der Waals surface area contributed by atoms with Crippen molar-refractivity contribution in [1.29, 1.82) is 0 Å². The minimum atomic E-state index is -0.688. The quantitative estimate of drug-likeness (QED) is 0.897. The number of hydrogen-bond acceptors (Lipinski definition) is 2. The summed E-state index contributed by atoms with van der Waals surface area (Å²) in [6.07, 6.45) is 4.52. The molecule has 0 aromatic heterocycles. The first kappa shape index (κ1) is 14.4. The second kappa shape index (κ2) is 5.70. The molecule has 1 aliphatic heterocycles. The van der Waals surface area contributed by atoms with Gasteiger partial charge in [-0.1, -0.05) is 32.0 Å². The van der Waals surface area contributed by atoms with Gasteiger partial charge in [0, 0.05) is 18.3 Å². The van der Waals surface area contributed by atoms with E-state index in [1.807, 2.05) is 18.2 Å². The van der Waals surface area contributed by atoms with E-state index in [0.29, 0.717) is 6.04 Å². The molecule has 1 fully saturated rings. The zero-order chi connectivity index (χ0) is 15.0. The van der Waals surface area contributed by atoms with E-state index >= 15 is 0 Å². The Kier molecular flexibility index (Phi) is 3.92. The SMILES string of the molecule is CC1CC(C)CC(N2CCC(C(=O)O)c3ccccc32)C1. The molecule has 3 rings (SSSR count). The highest BCUT2D eigenvalue weighted by molar-refractivity contribution is 5.80. The summed E-state index contributed by atoms with van der Waals surface area (Å²) < 4.78 is 0. The summed E-state index contributed by atoms with van der Waals surface area (Å²) in [6.45, 7) is 5.56. The summed E-state index contributed by atoms with van der Waals surface area (Å²) in [5, 5.41) is 9.45. The largest absolute Gasteiger partial charge is 0.481 e. The van der Waals surface area contributed by atoms with Gasteiger partial charge in [0.2, 0.25) is 0 Å². The average Bonchev–Trinajstić information content (AvgIpc) is 2.44. The summed E-state index contributed by atoms with van der Waals surface area (Å²) in [5.74, 6) is 0.509. The fraction of sp³-hybridized carbons (Fsp3) is 0.611. The fourth-order valence-electron chi connectivity index (χ4n) is 4.38. The lowest BCUT2D eigenvalue weighted by Crippen LogP contribution is -2.44. The lowest BCUT2D eigenvalue weighted by molar-refractivity contribution is -0.139. The Labute approximate surface area is 127 Å². The number of aliphatic carboxylic acids is 1. The van der Waals surface area contributed by atoms with Gasteiger partial charge in [-0.15, -0.1) is 0 Å². The smallest absolute Gasteiger partial charge is 0.311 e. The number of nitrogens with zero attached hydrogens (tertiary/aromatic N) is 1. The number of benzene rings is 1. The first-order valence-electron chi connectivity index (χ1n) is 8.14. The molecule has 21 heavy (non-hydrogen) atoms. The molecule has 3 unspecified atom stereocenters. The van der Waals surface area contributed by atoms with Gasteiger partial charge >= 0.3 is 5.97 Å². The van der Waals surface area contributed by atoms with Gasteiger partial charge in [0.25, 0.3) is 0 Å². The zero-order valence-electron chi connectivity index (χ0n) is 13.0. The van der Waals surface area contributed by atoms with Crippen LogP contribution in [0.2, 0.25) is 0 Å². The van der Waals surface area contributed by atoms with Gasteiger partial charge in [-0.25, -0.2) is 0 Å². The molecule has 3 heteroatoms. The normalized spacial score (nSPS) is 32.6. The Morgan fingerprint density at radius 2 is 1.81 bits per heavy atom. The summed E-state index contributed by atoms with van der Waals surface area (Å²) in [4.78, 5) is 14.0. The average molecular weight is 287 g/mol. The molecule has 3 atom stereocenters. The van der Waals surface area contributed by atoms with Crippen LogP contribution >= 0.6 is 0 Å². The maximum atomic E-state index is 11.5. The van der Waals surface area contributed by atoms with Crippen LogP contribution < -0.4 is 4.90 Å². The number of para-hydroxylation sites is 1. The number of carboxylic acids is 1. The Hall–Kier alpha value is -1.51. The second-order valence-corrected chi connectivity index (χ2v) is 7.00. The molecule has 1 aromatic carbocycles. The zero-order valence-corrected chi connectivity index (χ0v) is 13.0. The molecule has 1 heterocycles. The predicted molar refractivity (Wildman–Crippen MR) is 84.7 cm³/mol. The fourth-order valence-corrected chi connectivity index (χ4v) is 4.38. The third-order valence-corrected chi connectivity index (χ3v) is 5.17. The minimum Gasteiger partial charge on any atom is -0.481 e. The van der Waals surface area contributed by atoms with Crippen molar-refractivity contribution in [2.45, 2.75) is 51.5 Å². The van der Waals surface area contributed by atoms with Crippen molar-refractivity contribution in [3.63, 3.8) is 0 Å². The lowest BCUT2D eigenvalue weighted by atomic mass is 9.78. The summed E-state index contributed by atoms with van der Waals surface area (Å²) in [7, 11) is 0. The van der Waals surface area contributed by atoms with Crippen LogP contribution in [0.4, 0.5) is 5.69 Å². The molecule has 0 spiro atoms. The molecule has 114 valence electrons. The third-order valence-electron chi connectivity index (χ3n) is 5.17. The molecule has 3 nitrogen and oxygen atoms in total. The van der Waals surface area contributed by atoms with Gasteiger partial charge in [0.1, 0.15) is 0 Å². The predicted octanol–water partition coefficient (Wildman–Crippen LogP) is 3.89. The molecule has 1 saturated carbocycles. The Morgan fingerprint density at radius 1 is 1.14 bits per heavy atom. The van der Waals surface area contributed by atoms with Gasteiger partial charge in [0.15, 0.2) is 0 Å². The van der Waals surface area contributed by atoms with Crippen LogP contribution in [0.5, 0.6) is 0 Å². The molecule has 1 aromatic rings. The van der Waals surface area contributed by atoms with Crippen molar-refractivity contribution < 1.29 is 9.90 Å². The number of hydrogen-bond donors (Lipinski definition) is 1. The maximum absolute atomic E-state index is 11.5. The van der Waals surface area contributed by atoms with Crippen LogP contribution in [0.3, 0.4) is 0 Å². The molecule has 0 bridgehead atoms. The molecule has 1 aliphatic carbocycles. The minimum absolute atomic E-state index is 0.337. The van der Waals surface area contributed by atoms with E-state index in [1.165, 1.54) is 19.3 Å². The first-order chi connectivity index (χ1) is 10.1. The number of fused-ring (bicyclic) bond motifs is 1. The standard InChI is InChI=1S/C18H25NO2/c1-12-9-13(2)11-14(10-12)19-8-7-16(18(20)21)15-5-3-4-6-17(15)19/h3-6,12-14,16H,7-11H2,1-2H3,(H,20,21). The van der Waals surface area contributed by atoms with Crippen LogP contribution in [0.25, 0.3) is 0 Å². The van der Waals surface area contributed by atoms with E-state index in [0.717, 1.165) is 36.1 Å². The number of rotatable bonds is 2. The highest BCUT2D eigenvalue weighted by Gasteiger charge is 2.35. The number of carboxylic acid groups (broad SMARTS) is 1. The van der Waals surface area contributed by atoms with E-state index in [9.17, 15) is 9.90 Å². The monoisotopic (exact) mass is 287 g/mol. The molecule has 2 aliphatic rings. The van der Waals surface area contributed by atoms with E-state index in [2.05, 4.69) is 24.8 Å². The van der Waals surface area contributed by atoms with Crippen LogP contribution in [0.1, 0.15) is 51.0 Å². The van der Waals surface area contributed by atoms with E-state index in [-0.39, 0.29) is 5.92 Å². The van der Waals surface area contributed by atoms with Crippen LogP contribution in [0, 0.1) is 11.8 Å². The lowest BCUT2D eigenvalue weighted by Gasteiger charge is -2.44. The number of anilines is 1. The molecule has 0 saturated heterocycles. The van der Waals surface area contributed by atoms with Gasteiger partial charge < -0.3 is 10.0 Å². The van der Waals surface area contributed by atoms with Gasteiger partial charge in [-0.3, -0.25) is 4.79 Å². The molecular formula is C18H25NO2. The van der Waals surface area contributed by atoms with Gasteiger partial charge in [-0.2, -0.15) is 0 Å². The summed E-state index contributed by atoms with van der Waals surface area (Å²) in [5.41, 5.74) is 2.16. The van der Waals surface area contributed by atoms with Crippen molar-refractivity contribution >= 4 is 11.7 Å². The molecule has 1 N–H and O–H groups in total. The summed E-state index contributed by atoms with van der Waals surface area (Å²) in [6, 6.07) is 8.67. The maximum Gasteiger partial charge on any atom is 0.311 e. The number of carbonyl (C=O) groups is 1. The third kappa shape index (κ3) is 2.78. The van der Waals surface area contributed by atoms with Crippen LogP contribution in [-0.4, -0.2) is 23.7 Å². The topological polar surface area (TPSA) is 40.5 Å². The van der Waals surface area contributed by atoms with Crippen LogP contribution in [-0.2, 0) is 4.79 Å². The molecule has 0 amide bonds. The Balaban J connectivity index is 1.90. The van der Waals surface area contributed by atoms with Gasteiger partial charge in [0.05, 0.1) is 5.92 Å². The van der Waals surface area contributed by atoms with Crippen molar-refractivity contribution in [1.82, 2.24) is 0 Å². The Morgan fingerprint density at radius 3 is 2.48 bits per heavy atom. The molecule has 0 radical (unpaired) electrons. The highest BCUT2D eigenvalue weighted by atomic mass is 16.4. The van der Waals surface area contributed by atoms with E-state index in [1.54, 1.807) is 0 Å². The van der Waals surface area contributed by atoms with Crippen molar-refractivity contribution in [3.8, 4) is 0 Å². The van der Waals surface area contributed by atoms with E-state index < -0.39 is 5.97 Å². The van der Waals surface area contributed by atoms with E-state index in [4.69, 9.17) is 0 Å². The van der Waals surface area contributed by atoms with Crippen molar-refractivity contribution in [2.75, 3.05) is 11.4 Å².